The summed E-state index contributed by atoms with van der Waals surface area (Å²) < 4.78 is 0. The molecule has 7 heteroatoms. The molecule has 2 aliphatic rings. The van der Waals surface area contributed by atoms with Gasteiger partial charge in [-0.1, -0.05) is 30.3 Å². The number of piperidine rings is 1. The first-order valence-electron chi connectivity index (χ1n) is 8.96. The van der Waals surface area contributed by atoms with Crippen LogP contribution >= 0.6 is 0 Å². The van der Waals surface area contributed by atoms with Crippen LogP contribution in [0.3, 0.4) is 0 Å². The molecule has 1 saturated heterocycles. The zero-order valence-electron chi connectivity index (χ0n) is 14.5. The van der Waals surface area contributed by atoms with E-state index in [2.05, 4.69) is 32.1 Å². The lowest BCUT2D eigenvalue weighted by atomic mass is 9.94. The maximum Gasteiger partial charge on any atom is 0.246 e. The van der Waals surface area contributed by atoms with Crippen LogP contribution in [-0.2, 0) is 4.79 Å². The Hall–Kier alpha value is -2.96. The van der Waals surface area contributed by atoms with E-state index in [-0.39, 0.29) is 17.9 Å². The minimum atomic E-state index is -0.0197. The van der Waals surface area contributed by atoms with Crippen molar-refractivity contribution in [1.82, 2.24) is 15.0 Å². The lowest BCUT2D eigenvalue weighted by Gasteiger charge is -2.33. The van der Waals surface area contributed by atoms with Crippen molar-refractivity contribution in [3.05, 3.63) is 48.2 Å². The van der Waals surface area contributed by atoms with Gasteiger partial charge < -0.3 is 10.6 Å². The lowest BCUT2D eigenvalue weighted by molar-refractivity contribution is -0.138. The monoisotopic (exact) mass is 350 g/mol. The molecule has 0 spiro atoms. The first kappa shape index (κ1) is 16.5. The summed E-state index contributed by atoms with van der Waals surface area (Å²) in [5.74, 6) is 1.19. The van der Waals surface area contributed by atoms with E-state index in [0.717, 1.165) is 37.9 Å². The first-order valence-corrected chi connectivity index (χ1v) is 8.96. The van der Waals surface area contributed by atoms with E-state index >= 15 is 0 Å². The highest BCUT2D eigenvalue weighted by Crippen LogP contribution is 2.32. The second-order valence-corrected chi connectivity index (χ2v) is 6.69. The van der Waals surface area contributed by atoms with Crippen molar-refractivity contribution >= 4 is 23.9 Å². The van der Waals surface area contributed by atoms with Crippen LogP contribution in [0.4, 0.5) is 11.8 Å². The molecule has 1 fully saturated rings. The number of rotatable bonds is 3. The van der Waals surface area contributed by atoms with Gasteiger partial charge in [-0.2, -0.15) is 10.1 Å². The van der Waals surface area contributed by atoms with Gasteiger partial charge in [0.25, 0.3) is 0 Å². The zero-order valence-corrected chi connectivity index (χ0v) is 14.5. The number of anilines is 2. The quantitative estimate of drug-likeness (QED) is 0.917. The number of amides is 1. The third-order valence-corrected chi connectivity index (χ3v) is 5.03. The molecule has 4 rings (SSSR count). The molecular formula is C19H22N6O. The van der Waals surface area contributed by atoms with E-state index in [1.165, 1.54) is 0 Å². The topological polar surface area (TPSA) is 87.7 Å². The van der Waals surface area contributed by atoms with Crippen molar-refractivity contribution in [3.63, 3.8) is 0 Å². The number of hydrogen-bond donors (Lipinski definition) is 1. The summed E-state index contributed by atoms with van der Waals surface area (Å²) in [6.45, 7) is 1.49. The number of hydrazone groups is 1. The van der Waals surface area contributed by atoms with E-state index in [9.17, 15) is 4.79 Å². The SMILES string of the molecule is Nc1ccnc(N2CCC(C(=O)N3N=CCC3c3ccccc3)CC2)n1. The van der Waals surface area contributed by atoms with E-state index in [4.69, 9.17) is 5.73 Å². The predicted molar refractivity (Wildman–Crippen MR) is 101 cm³/mol. The van der Waals surface area contributed by atoms with Gasteiger partial charge in [0.1, 0.15) is 5.82 Å². The van der Waals surface area contributed by atoms with Crippen LogP contribution in [0.15, 0.2) is 47.7 Å². The molecule has 3 heterocycles. The molecule has 0 aliphatic carbocycles. The molecule has 1 aromatic heterocycles. The molecule has 2 N–H and O–H groups in total. The fourth-order valence-electron chi connectivity index (χ4n) is 3.61. The number of aromatic nitrogens is 2. The lowest BCUT2D eigenvalue weighted by Crippen LogP contribution is -2.41. The minimum Gasteiger partial charge on any atom is -0.384 e. The molecular weight excluding hydrogens is 328 g/mol. The number of nitrogens with two attached hydrogens (primary N) is 1. The molecule has 0 bridgehead atoms. The average molecular weight is 350 g/mol. The summed E-state index contributed by atoms with van der Waals surface area (Å²) in [4.78, 5) is 23.7. The van der Waals surface area contributed by atoms with Gasteiger partial charge >= 0.3 is 0 Å². The fourth-order valence-corrected chi connectivity index (χ4v) is 3.61. The number of nitrogen functional groups attached to an aromatic ring is 1. The molecule has 0 saturated carbocycles. The van der Waals surface area contributed by atoms with Gasteiger partial charge in [-0.05, 0) is 24.5 Å². The Bertz CT molecular complexity index is 801. The van der Waals surface area contributed by atoms with Gasteiger partial charge in [-0.15, -0.1) is 0 Å². The third-order valence-electron chi connectivity index (χ3n) is 5.03. The maximum absolute atomic E-state index is 13.0. The average Bonchev–Trinajstić information content (AvgIpc) is 3.18. The minimum absolute atomic E-state index is 0.0129. The molecule has 1 aromatic carbocycles. The number of benzene rings is 1. The van der Waals surface area contributed by atoms with E-state index in [0.29, 0.717) is 11.8 Å². The summed E-state index contributed by atoms with van der Waals surface area (Å²) in [5.41, 5.74) is 6.87. The number of hydrogen-bond acceptors (Lipinski definition) is 6. The van der Waals surface area contributed by atoms with E-state index < -0.39 is 0 Å². The summed E-state index contributed by atoms with van der Waals surface area (Å²) in [7, 11) is 0. The van der Waals surface area contributed by atoms with Crippen molar-refractivity contribution in [3.8, 4) is 0 Å². The van der Waals surface area contributed by atoms with E-state index in [1.54, 1.807) is 17.3 Å². The van der Waals surface area contributed by atoms with Gasteiger partial charge in [-0.25, -0.2) is 9.99 Å². The van der Waals surface area contributed by atoms with Crippen LogP contribution < -0.4 is 10.6 Å². The Balaban J connectivity index is 1.41. The molecule has 2 aromatic rings. The normalized spacial score (nSPS) is 20.5. The second kappa shape index (κ2) is 7.11. The van der Waals surface area contributed by atoms with Gasteiger partial charge in [-0.3, -0.25) is 4.79 Å². The number of carbonyl (C=O) groups excluding carboxylic acids is 1. The number of nitrogens with zero attached hydrogens (tertiary/aromatic N) is 5. The van der Waals surface area contributed by atoms with E-state index in [1.807, 2.05) is 24.4 Å². The van der Waals surface area contributed by atoms with Crippen molar-refractivity contribution in [2.45, 2.75) is 25.3 Å². The van der Waals surface area contributed by atoms with Crippen LogP contribution in [-0.4, -0.2) is 40.2 Å². The van der Waals surface area contributed by atoms with Gasteiger partial charge in [0.05, 0.1) is 6.04 Å². The Morgan fingerprint density at radius 3 is 2.62 bits per heavy atom. The summed E-state index contributed by atoms with van der Waals surface area (Å²) >= 11 is 0. The van der Waals surface area contributed by atoms with Crippen molar-refractivity contribution in [2.24, 2.45) is 11.0 Å². The zero-order chi connectivity index (χ0) is 17.9. The highest BCUT2D eigenvalue weighted by atomic mass is 16.2. The summed E-state index contributed by atoms with van der Waals surface area (Å²) in [6.07, 6.45) is 5.81. The molecule has 0 radical (unpaired) electrons. The van der Waals surface area contributed by atoms with Gasteiger partial charge in [0.2, 0.25) is 11.9 Å². The molecule has 1 amide bonds. The third kappa shape index (κ3) is 3.24. The molecule has 2 aliphatic heterocycles. The maximum atomic E-state index is 13.0. The van der Waals surface area contributed by atoms with Crippen molar-refractivity contribution < 1.29 is 4.79 Å². The second-order valence-electron chi connectivity index (χ2n) is 6.69. The Morgan fingerprint density at radius 1 is 1.12 bits per heavy atom. The van der Waals surface area contributed by atoms with Gasteiger partial charge in [0.15, 0.2) is 0 Å². The predicted octanol–water partition coefficient (Wildman–Crippen LogP) is 2.23. The number of carbonyl (C=O) groups is 1. The molecule has 1 atom stereocenters. The summed E-state index contributed by atoms with van der Waals surface area (Å²) in [5, 5.41) is 6.03. The Morgan fingerprint density at radius 2 is 1.88 bits per heavy atom. The smallest absolute Gasteiger partial charge is 0.246 e. The molecule has 26 heavy (non-hydrogen) atoms. The Kier molecular flexibility index (Phi) is 4.51. The Labute approximate surface area is 152 Å². The van der Waals surface area contributed by atoms with Crippen LogP contribution in [0.5, 0.6) is 0 Å². The highest BCUT2D eigenvalue weighted by molar-refractivity contribution is 5.82. The fraction of sp³-hybridized carbons (Fsp3) is 0.368. The molecule has 134 valence electrons. The molecule has 7 nitrogen and oxygen atoms in total. The van der Waals surface area contributed by atoms with Crippen LogP contribution in [0.1, 0.15) is 30.9 Å². The van der Waals surface area contributed by atoms with Crippen molar-refractivity contribution in [2.75, 3.05) is 23.7 Å². The van der Waals surface area contributed by atoms with Crippen molar-refractivity contribution in [1.29, 1.82) is 0 Å². The van der Waals surface area contributed by atoms with Gasteiger partial charge in [0, 0.05) is 37.8 Å². The highest BCUT2D eigenvalue weighted by Gasteiger charge is 2.35. The van der Waals surface area contributed by atoms with Crippen LogP contribution in [0, 0.1) is 5.92 Å². The molecule has 1 unspecified atom stereocenters. The largest absolute Gasteiger partial charge is 0.384 e. The van der Waals surface area contributed by atoms with Crippen LogP contribution in [0.25, 0.3) is 0 Å². The standard InChI is InChI=1S/C19H22N6O/c20-17-7-10-21-19(23-17)24-12-8-15(9-13-24)18(26)25-16(6-11-22-25)14-4-2-1-3-5-14/h1-5,7,10-11,15-16H,6,8-9,12-13H2,(H2,20,21,23). The first-order chi connectivity index (χ1) is 12.7. The van der Waals surface area contributed by atoms with Crippen LogP contribution in [0.2, 0.25) is 0 Å². The summed E-state index contributed by atoms with van der Waals surface area (Å²) in [6, 6.07) is 11.8.